The second-order valence-corrected chi connectivity index (χ2v) is 12.7. The molecule has 0 aromatic heterocycles. The Kier molecular flexibility index (Phi) is 6.80. The molecule has 1 amide bonds. The van der Waals surface area contributed by atoms with Gasteiger partial charge in [-0.3, -0.25) is 9.10 Å². The van der Waals surface area contributed by atoms with E-state index in [2.05, 4.69) is 5.32 Å². The van der Waals surface area contributed by atoms with Crippen LogP contribution < -0.4 is 9.62 Å². The van der Waals surface area contributed by atoms with E-state index in [1.165, 1.54) is 38.9 Å². The number of sulfonamides is 2. The summed E-state index contributed by atoms with van der Waals surface area (Å²) in [4.78, 5) is 13.2. The highest BCUT2D eigenvalue weighted by atomic mass is 32.2. The van der Waals surface area contributed by atoms with Crippen LogP contribution in [0, 0.1) is 6.92 Å². The zero-order chi connectivity index (χ0) is 26.2. The van der Waals surface area contributed by atoms with Gasteiger partial charge in [0.05, 0.1) is 28.7 Å². The smallest absolute Gasteiger partial charge is 0.264 e. The van der Waals surface area contributed by atoms with Crippen molar-refractivity contribution in [1.82, 2.24) is 4.31 Å². The third-order valence-corrected chi connectivity index (χ3v) is 10.4. The van der Waals surface area contributed by atoms with Crippen molar-refractivity contribution in [3.63, 3.8) is 0 Å². The number of nitrogens with zero attached hydrogens (tertiary/aromatic N) is 2. The molecule has 194 valence electrons. The number of para-hydroxylation sites is 1. The highest BCUT2D eigenvalue weighted by Crippen LogP contribution is 2.33. The van der Waals surface area contributed by atoms with Crippen molar-refractivity contribution in [2.24, 2.45) is 0 Å². The van der Waals surface area contributed by atoms with Gasteiger partial charge in [-0.25, -0.2) is 16.8 Å². The molecule has 3 aromatic carbocycles. The molecule has 2 aliphatic rings. The molecule has 0 aliphatic carbocycles. The molecule has 0 unspecified atom stereocenters. The maximum Gasteiger partial charge on any atom is 0.264 e. The number of amides is 1. The molecule has 11 heteroatoms. The van der Waals surface area contributed by atoms with E-state index in [0.29, 0.717) is 43.1 Å². The van der Waals surface area contributed by atoms with Crippen molar-refractivity contribution in [3.05, 3.63) is 83.4 Å². The lowest BCUT2D eigenvalue weighted by molar-refractivity contribution is 0.0730. The van der Waals surface area contributed by atoms with Crippen LogP contribution in [0.5, 0.6) is 0 Å². The first-order valence-electron chi connectivity index (χ1n) is 11.9. The van der Waals surface area contributed by atoms with Crippen molar-refractivity contribution in [2.45, 2.75) is 23.1 Å². The minimum atomic E-state index is -3.87. The highest BCUT2D eigenvalue weighted by molar-refractivity contribution is 7.92. The summed E-state index contributed by atoms with van der Waals surface area (Å²) in [6.07, 6.45) is 0.624. The van der Waals surface area contributed by atoms with Gasteiger partial charge < -0.3 is 10.1 Å². The van der Waals surface area contributed by atoms with Crippen LogP contribution in [0.3, 0.4) is 0 Å². The van der Waals surface area contributed by atoms with E-state index < -0.39 is 26.0 Å². The summed E-state index contributed by atoms with van der Waals surface area (Å²) < 4.78 is 61.1. The summed E-state index contributed by atoms with van der Waals surface area (Å²) in [5.41, 5.74) is 2.60. The van der Waals surface area contributed by atoms with Gasteiger partial charge >= 0.3 is 0 Å². The van der Waals surface area contributed by atoms with Crippen molar-refractivity contribution in [1.29, 1.82) is 0 Å². The van der Waals surface area contributed by atoms with Gasteiger partial charge in [0, 0.05) is 30.9 Å². The fraction of sp³-hybridized carbons (Fsp3) is 0.269. The Morgan fingerprint density at radius 1 is 0.865 bits per heavy atom. The Labute approximate surface area is 216 Å². The Morgan fingerprint density at radius 3 is 2.41 bits per heavy atom. The van der Waals surface area contributed by atoms with E-state index >= 15 is 0 Å². The molecule has 37 heavy (non-hydrogen) atoms. The molecular formula is C26H27N3O6S2. The molecular weight excluding hydrogens is 514 g/mol. The van der Waals surface area contributed by atoms with Gasteiger partial charge in [-0.05, 0) is 60.9 Å². The maximum atomic E-state index is 13.4. The molecule has 0 spiro atoms. The Balaban J connectivity index is 1.39. The Bertz CT molecular complexity index is 1560. The van der Waals surface area contributed by atoms with Gasteiger partial charge in [0.25, 0.3) is 15.9 Å². The zero-order valence-electron chi connectivity index (χ0n) is 20.3. The lowest BCUT2D eigenvalue weighted by atomic mass is 10.2. The predicted octanol–water partition coefficient (Wildman–Crippen LogP) is 3.02. The first kappa shape index (κ1) is 25.4. The second-order valence-electron chi connectivity index (χ2n) is 8.93. The van der Waals surface area contributed by atoms with Crippen LogP contribution in [0.4, 0.5) is 11.4 Å². The molecule has 2 aliphatic heterocycles. The number of benzene rings is 3. The molecule has 9 nitrogen and oxygen atoms in total. The van der Waals surface area contributed by atoms with Crippen LogP contribution in [0.25, 0.3) is 0 Å². The van der Waals surface area contributed by atoms with Crippen LogP contribution in [0.2, 0.25) is 0 Å². The largest absolute Gasteiger partial charge is 0.379 e. The van der Waals surface area contributed by atoms with Crippen LogP contribution in [-0.4, -0.2) is 59.9 Å². The second kappa shape index (κ2) is 9.90. The van der Waals surface area contributed by atoms with E-state index in [1.807, 2.05) is 12.1 Å². The van der Waals surface area contributed by atoms with Crippen molar-refractivity contribution in [3.8, 4) is 0 Å². The Hall–Kier alpha value is -3.25. The SMILES string of the molecule is Cc1ccc(NC(=O)c2cccc(S(=O)(=O)N3CCc4ccccc43)c2)cc1S(=O)(=O)N1CCOCC1. The summed E-state index contributed by atoms with van der Waals surface area (Å²) in [6, 6.07) is 17.9. The summed E-state index contributed by atoms with van der Waals surface area (Å²) in [5, 5.41) is 2.71. The molecule has 0 saturated carbocycles. The van der Waals surface area contributed by atoms with Gasteiger partial charge in [-0.1, -0.05) is 30.3 Å². The van der Waals surface area contributed by atoms with Crippen LogP contribution >= 0.6 is 0 Å². The molecule has 1 fully saturated rings. The summed E-state index contributed by atoms with van der Waals surface area (Å²) in [7, 11) is -7.63. The number of carbonyl (C=O) groups is 1. The topological polar surface area (TPSA) is 113 Å². The van der Waals surface area contributed by atoms with Gasteiger partial charge in [0.2, 0.25) is 10.0 Å². The van der Waals surface area contributed by atoms with E-state index in [4.69, 9.17) is 4.74 Å². The number of rotatable bonds is 6. The maximum absolute atomic E-state index is 13.4. The van der Waals surface area contributed by atoms with Crippen LogP contribution in [0.1, 0.15) is 21.5 Å². The van der Waals surface area contributed by atoms with E-state index in [1.54, 1.807) is 31.2 Å². The Morgan fingerprint density at radius 2 is 1.62 bits per heavy atom. The average molecular weight is 542 g/mol. The van der Waals surface area contributed by atoms with Crippen molar-refractivity contribution < 1.29 is 26.4 Å². The van der Waals surface area contributed by atoms with E-state index in [9.17, 15) is 21.6 Å². The van der Waals surface area contributed by atoms with Crippen LogP contribution in [-0.2, 0) is 31.2 Å². The first-order valence-corrected chi connectivity index (χ1v) is 14.8. The van der Waals surface area contributed by atoms with Gasteiger partial charge in [-0.15, -0.1) is 0 Å². The minimum Gasteiger partial charge on any atom is -0.379 e. The van der Waals surface area contributed by atoms with E-state index in [0.717, 1.165) is 5.56 Å². The number of fused-ring (bicyclic) bond motifs is 1. The minimum absolute atomic E-state index is 0.0105. The molecule has 2 heterocycles. The standard InChI is InChI=1S/C26H27N3O6S2/c1-19-9-10-22(18-25(19)37(33,34)28-13-15-35-16-14-28)27-26(30)21-6-4-7-23(17-21)36(31,32)29-12-11-20-5-2-3-8-24(20)29/h2-10,17-18H,11-16H2,1H3,(H,27,30). The van der Waals surface area contributed by atoms with E-state index in [-0.39, 0.29) is 28.4 Å². The summed E-state index contributed by atoms with van der Waals surface area (Å²) >= 11 is 0. The quantitative estimate of drug-likeness (QED) is 0.513. The number of hydrogen-bond donors (Lipinski definition) is 1. The van der Waals surface area contributed by atoms with Gasteiger partial charge in [0.15, 0.2) is 0 Å². The average Bonchev–Trinajstić information content (AvgIpc) is 3.35. The molecule has 3 aromatic rings. The van der Waals surface area contributed by atoms with Crippen LogP contribution in [0.15, 0.2) is 76.5 Å². The molecule has 1 saturated heterocycles. The zero-order valence-corrected chi connectivity index (χ0v) is 21.9. The normalized spacial score (nSPS) is 16.4. The van der Waals surface area contributed by atoms with Gasteiger partial charge in [-0.2, -0.15) is 4.31 Å². The number of carbonyl (C=O) groups excluding carboxylic acids is 1. The third-order valence-electron chi connectivity index (χ3n) is 6.56. The van der Waals surface area contributed by atoms with Crippen molar-refractivity contribution in [2.75, 3.05) is 42.5 Å². The number of anilines is 2. The highest BCUT2D eigenvalue weighted by Gasteiger charge is 2.31. The lowest BCUT2D eigenvalue weighted by Crippen LogP contribution is -2.40. The van der Waals surface area contributed by atoms with Gasteiger partial charge in [0.1, 0.15) is 0 Å². The monoisotopic (exact) mass is 541 g/mol. The summed E-state index contributed by atoms with van der Waals surface area (Å²) in [6.45, 7) is 3.22. The number of morpholine rings is 1. The number of nitrogens with one attached hydrogen (secondary N) is 1. The fourth-order valence-corrected chi connectivity index (χ4v) is 7.78. The summed E-state index contributed by atoms with van der Waals surface area (Å²) in [5.74, 6) is -0.544. The molecule has 0 radical (unpaired) electrons. The number of aryl methyl sites for hydroxylation is 1. The first-order chi connectivity index (χ1) is 17.7. The number of hydrogen-bond acceptors (Lipinski definition) is 6. The molecule has 5 rings (SSSR count). The molecule has 0 bridgehead atoms. The van der Waals surface area contributed by atoms with Crippen molar-refractivity contribution >= 4 is 37.3 Å². The number of ether oxygens (including phenoxy) is 1. The molecule has 0 atom stereocenters. The predicted molar refractivity (Wildman–Crippen MR) is 140 cm³/mol. The fourth-order valence-electron chi connectivity index (χ4n) is 4.57. The molecule has 1 N–H and O–H groups in total. The lowest BCUT2D eigenvalue weighted by Gasteiger charge is -2.26. The third kappa shape index (κ3) is 4.87.